The minimum Gasteiger partial charge on any atom is -0.314 e. The molecule has 1 aliphatic carbocycles. The zero-order chi connectivity index (χ0) is 18.9. The summed E-state index contributed by atoms with van der Waals surface area (Å²) in [5.41, 5.74) is -2.42. The molecule has 0 amide bonds. The molecule has 1 heterocycles. The van der Waals surface area contributed by atoms with Gasteiger partial charge >= 0.3 is 12.4 Å². The van der Waals surface area contributed by atoms with Crippen LogP contribution in [0, 0.1) is 5.92 Å². The summed E-state index contributed by atoms with van der Waals surface area (Å²) in [5.74, 6) is 0.0472. The van der Waals surface area contributed by atoms with Gasteiger partial charge in [-0.1, -0.05) is 18.9 Å². The second-order valence-electron chi connectivity index (χ2n) is 7.07. The molecule has 154 valence electrons. The molecule has 1 aromatic rings. The zero-order valence-electron chi connectivity index (χ0n) is 14.7. The molecule has 0 bridgehead atoms. The highest BCUT2D eigenvalue weighted by molar-refractivity contribution is 5.85. The first-order chi connectivity index (χ1) is 12.2. The lowest BCUT2D eigenvalue weighted by Gasteiger charge is -2.39. The summed E-state index contributed by atoms with van der Waals surface area (Å²) in [4.78, 5) is 2.00. The van der Waals surface area contributed by atoms with E-state index in [1.807, 2.05) is 4.90 Å². The van der Waals surface area contributed by atoms with E-state index in [4.69, 9.17) is 0 Å². The maximum absolute atomic E-state index is 13.6. The van der Waals surface area contributed by atoms with Crippen LogP contribution in [0.25, 0.3) is 0 Å². The van der Waals surface area contributed by atoms with Crippen molar-refractivity contribution in [3.05, 3.63) is 34.9 Å². The topological polar surface area (TPSA) is 15.3 Å². The number of benzene rings is 1. The van der Waals surface area contributed by atoms with E-state index in [9.17, 15) is 26.3 Å². The van der Waals surface area contributed by atoms with Crippen LogP contribution in [0.2, 0.25) is 0 Å². The Bertz CT molecular complexity index is 619. The van der Waals surface area contributed by atoms with Gasteiger partial charge in [0.15, 0.2) is 0 Å². The number of nitrogens with zero attached hydrogens (tertiary/aromatic N) is 1. The number of hydrogen-bond donors (Lipinski definition) is 1. The third kappa shape index (κ3) is 5.09. The summed E-state index contributed by atoms with van der Waals surface area (Å²) in [6, 6.07) is 1.63. The molecule has 0 radical (unpaired) electrons. The summed E-state index contributed by atoms with van der Waals surface area (Å²) >= 11 is 0. The summed E-state index contributed by atoms with van der Waals surface area (Å²) < 4.78 is 79.8. The van der Waals surface area contributed by atoms with Crippen molar-refractivity contribution in [1.29, 1.82) is 0 Å². The first-order valence-electron chi connectivity index (χ1n) is 8.91. The number of halogens is 7. The van der Waals surface area contributed by atoms with Crippen molar-refractivity contribution in [3.63, 3.8) is 0 Å². The van der Waals surface area contributed by atoms with Gasteiger partial charge in [0.2, 0.25) is 0 Å². The van der Waals surface area contributed by atoms with Crippen LogP contribution < -0.4 is 5.32 Å². The molecule has 1 saturated carbocycles. The summed E-state index contributed by atoms with van der Waals surface area (Å²) in [5, 5.41) is 3.17. The SMILES string of the molecule is Cl.FC(F)(F)c1ccc([C@H](C2CCCC2)N2CCNCC2)c(C(F)(F)F)c1. The second-order valence-corrected chi connectivity index (χ2v) is 7.07. The Morgan fingerprint density at radius 3 is 2.04 bits per heavy atom. The average molecular weight is 417 g/mol. The van der Waals surface area contributed by atoms with Gasteiger partial charge in [0.25, 0.3) is 0 Å². The highest BCUT2D eigenvalue weighted by Crippen LogP contribution is 2.45. The summed E-state index contributed by atoms with van der Waals surface area (Å²) in [6.45, 7) is 2.54. The minimum atomic E-state index is -4.82. The molecule has 0 unspecified atom stereocenters. The van der Waals surface area contributed by atoms with E-state index in [1.54, 1.807) is 0 Å². The molecule has 9 heteroatoms. The Labute approximate surface area is 160 Å². The lowest BCUT2D eigenvalue weighted by atomic mass is 9.86. The molecule has 1 atom stereocenters. The van der Waals surface area contributed by atoms with E-state index < -0.39 is 29.5 Å². The van der Waals surface area contributed by atoms with E-state index >= 15 is 0 Å². The summed E-state index contributed by atoms with van der Waals surface area (Å²) in [6.07, 6.45) is -6.08. The Hall–Kier alpha value is -0.990. The van der Waals surface area contributed by atoms with Crippen molar-refractivity contribution >= 4 is 12.4 Å². The smallest absolute Gasteiger partial charge is 0.314 e. The van der Waals surface area contributed by atoms with Gasteiger partial charge in [0, 0.05) is 32.2 Å². The molecular weight excluding hydrogens is 394 g/mol. The molecule has 2 nitrogen and oxygen atoms in total. The van der Waals surface area contributed by atoms with Gasteiger partial charge in [-0.2, -0.15) is 26.3 Å². The molecule has 1 aromatic carbocycles. The van der Waals surface area contributed by atoms with Crippen molar-refractivity contribution in [2.75, 3.05) is 26.2 Å². The number of alkyl halides is 6. The molecule has 1 saturated heterocycles. The zero-order valence-corrected chi connectivity index (χ0v) is 15.5. The molecule has 27 heavy (non-hydrogen) atoms. The van der Waals surface area contributed by atoms with Crippen molar-refractivity contribution in [1.82, 2.24) is 10.2 Å². The fourth-order valence-corrected chi connectivity index (χ4v) is 4.22. The third-order valence-electron chi connectivity index (χ3n) is 5.40. The molecule has 1 aliphatic heterocycles. The van der Waals surface area contributed by atoms with Gasteiger partial charge in [-0.25, -0.2) is 0 Å². The second kappa shape index (κ2) is 8.57. The maximum Gasteiger partial charge on any atom is 0.416 e. The lowest BCUT2D eigenvalue weighted by molar-refractivity contribution is -0.144. The number of rotatable bonds is 3. The van der Waals surface area contributed by atoms with Crippen molar-refractivity contribution < 1.29 is 26.3 Å². The standard InChI is InChI=1S/C18H22F6N2.ClH/c19-17(20,21)13-5-6-14(15(11-13)18(22,23)24)16(12-3-1-2-4-12)26-9-7-25-8-10-26;/h5-6,11-12,16,25H,1-4,7-10H2;1H/t16-;/m0./s1. The first-order valence-corrected chi connectivity index (χ1v) is 8.91. The Balaban J connectivity index is 0.00000261. The van der Waals surface area contributed by atoms with Gasteiger partial charge in [-0.15, -0.1) is 12.4 Å². The van der Waals surface area contributed by atoms with E-state index in [0.29, 0.717) is 26.2 Å². The molecule has 1 N–H and O–H groups in total. The third-order valence-corrected chi connectivity index (χ3v) is 5.40. The van der Waals surface area contributed by atoms with Crippen molar-refractivity contribution in [2.45, 2.75) is 44.1 Å². The van der Waals surface area contributed by atoms with E-state index in [1.165, 1.54) is 0 Å². The first kappa shape index (κ1) is 22.3. The van der Waals surface area contributed by atoms with Gasteiger partial charge in [-0.3, -0.25) is 4.90 Å². The Morgan fingerprint density at radius 2 is 1.52 bits per heavy atom. The van der Waals surface area contributed by atoms with Crippen LogP contribution in [0.1, 0.15) is 48.4 Å². The van der Waals surface area contributed by atoms with E-state index in [0.717, 1.165) is 37.8 Å². The van der Waals surface area contributed by atoms with Crippen LogP contribution in [-0.2, 0) is 12.4 Å². The minimum absolute atomic E-state index is 0. The Kier molecular flexibility index (Phi) is 7.08. The summed E-state index contributed by atoms with van der Waals surface area (Å²) in [7, 11) is 0. The van der Waals surface area contributed by atoms with Crippen molar-refractivity contribution in [2.24, 2.45) is 5.92 Å². The fourth-order valence-electron chi connectivity index (χ4n) is 4.22. The molecule has 3 rings (SSSR count). The van der Waals surface area contributed by atoms with Gasteiger partial charge in [0.05, 0.1) is 11.1 Å². The predicted octanol–water partition coefficient (Wildman–Crippen LogP) is 5.28. The number of piperazine rings is 1. The van der Waals surface area contributed by atoms with E-state index in [2.05, 4.69) is 5.32 Å². The quantitative estimate of drug-likeness (QED) is 0.674. The van der Waals surface area contributed by atoms with Crippen LogP contribution in [0.3, 0.4) is 0 Å². The average Bonchev–Trinajstić information content (AvgIpc) is 3.08. The van der Waals surface area contributed by atoms with Crippen LogP contribution in [0.4, 0.5) is 26.3 Å². The van der Waals surface area contributed by atoms with Crippen LogP contribution in [-0.4, -0.2) is 31.1 Å². The maximum atomic E-state index is 13.6. The monoisotopic (exact) mass is 416 g/mol. The number of hydrogen-bond acceptors (Lipinski definition) is 2. The highest BCUT2D eigenvalue weighted by Gasteiger charge is 2.42. The molecule has 2 aliphatic rings. The van der Waals surface area contributed by atoms with E-state index in [-0.39, 0.29) is 30.0 Å². The van der Waals surface area contributed by atoms with Crippen LogP contribution in [0.15, 0.2) is 18.2 Å². The normalized spacial score (nSPS) is 21.1. The Morgan fingerprint density at radius 1 is 0.926 bits per heavy atom. The molecule has 2 fully saturated rings. The van der Waals surface area contributed by atoms with Crippen LogP contribution >= 0.6 is 12.4 Å². The highest BCUT2D eigenvalue weighted by atomic mass is 35.5. The fraction of sp³-hybridized carbons (Fsp3) is 0.667. The van der Waals surface area contributed by atoms with Crippen LogP contribution in [0.5, 0.6) is 0 Å². The lowest BCUT2D eigenvalue weighted by Crippen LogP contribution is -2.47. The predicted molar refractivity (Wildman–Crippen MR) is 92.8 cm³/mol. The largest absolute Gasteiger partial charge is 0.416 e. The molecule has 0 aromatic heterocycles. The molecule has 0 spiro atoms. The molecular formula is C18H23ClF6N2. The van der Waals surface area contributed by atoms with Gasteiger partial charge < -0.3 is 5.32 Å². The van der Waals surface area contributed by atoms with Gasteiger partial charge in [-0.05, 0) is 36.5 Å². The van der Waals surface area contributed by atoms with Gasteiger partial charge in [0.1, 0.15) is 0 Å². The number of nitrogens with one attached hydrogen (secondary N) is 1. The van der Waals surface area contributed by atoms with Crippen molar-refractivity contribution in [3.8, 4) is 0 Å².